The number of carbonyl (C=O) groups excluding carboxylic acids is 1. The van der Waals surface area contributed by atoms with E-state index in [-0.39, 0.29) is 17.5 Å². The van der Waals surface area contributed by atoms with E-state index in [0.717, 1.165) is 22.7 Å². The number of nitrogens with one attached hydrogen (secondary N) is 1. The van der Waals surface area contributed by atoms with Crippen LogP contribution in [-0.2, 0) is 5.41 Å². The van der Waals surface area contributed by atoms with Crippen molar-refractivity contribution in [3.05, 3.63) is 89.5 Å². The number of anilines is 2. The maximum Gasteiger partial charge on any atom is 0.262 e. The fraction of sp³-hybridized carbons (Fsp3) is 0.269. The summed E-state index contributed by atoms with van der Waals surface area (Å²) in [5.41, 5.74) is 4.75. The summed E-state index contributed by atoms with van der Waals surface area (Å²) in [6, 6.07) is 23.9. The van der Waals surface area contributed by atoms with E-state index in [1.165, 1.54) is 5.56 Å². The third kappa shape index (κ3) is 3.78. The molecule has 30 heavy (non-hydrogen) atoms. The predicted octanol–water partition coefficient (Wildman–Crippen LogP) is 6.15. The van der Waals surface area contributed by atoms with E-state index in [4.69, 9.17) is 4.74 Å². The molecule has 4 rings (SSSR count). The van der Waals surface area contributed by atoms with Gasteiger partial charge in [0, 0.05) is 11.4 Å². The van der Waals surface area contributed by atoms with E-state index >= 15 is 0 Å². The van der Waals surface area contributed by atoms with Crippen LogP contribution in [0.5, 0.6) is 5.75 Å². The van der Waals surface area contributed by atoms with Crippen LogP contribution in [-0.4, -0.2) is 12.5 Å². The minimum atomic E-state index is -0.292. The number of para-hydroxylation sites is 1. The van der Waals surface area contributed by atoms with Gasteiger partial charge in [0.05, 0.1) is 12.2 Å². The lowest BCUT2D eigenvalue weighted by atomic mass is 9.86. The zero-order valence-electron chi connectivity index (χ0n) is 18.0. The molecule has 0 fully saturated rings. The summed E-state index contributed by atoms with van der Waals surface area (Å²) in [6.45, 7) is 9.17. The van der Waals surface area contributed by atoms with Gasteiger partial charge in [-0.25, -0.2) is 0 Å². The monoisotopic (exact) mass is 400 g/mol. The van der Waals surface area contributed by atoms with Crippen molar-refractivity contribution >= 4 is 17.3 Å². The van der Waals surface area contributed by atoms with Crippen LogP contribution in [0.2, 0.25) is 0 Å². The molecule has 3 aromatic carbocycles. The normalized spacial score (nSPS) is 16.1. The SMILES string of the molecule is CCOc1ccc(N2C(=O)c3ccccc3NC2c2ccc(C(C)(C)C)cc2)cc1. The maximum atomic E-state index is 13.5. The van der Waals surface area contributed by atoms with Gasteiger partial charge in [-0.2, -0.15) is 0 Å². The third-order valence-electron chi connectivity index (χ3n) is 5.45. The summed E-state index contributed by atoms with van der Waals surface area (Å²) in [4.78, 5) is 15.3. The first-order valence-electron chi connectivity index (χ1n) is 10.4. The minimum Gasteiger partial charge on any atom is -0.494 e. The molecule has 4 nitrogen and oxygen atoms in total. The molecule has 1 amide bonds. The summed E-state index contributed by atoms with van der Waals surface area (Å²) in [7, 11) is 0. The molecule has 0 aromatic heterocycles. The van der Waals surface area contributed by atoms with Crippen LogP contribution < -0.4 is 15.0 Å². The average molecular weight is 401 g/mol. The molecule has 1 aliphatic heterocycles. The molecular formula is C26H28N2O2. The molecule has 4 heteroatoms. The van der Waals surface area contributed by atoms with Gasteiger partial charge in [0.25, 0.3) is 5.91 Å². The van der Waals surface area contributed by atoms with Crippen LogP contribution in [0.3, 0.4) is 0 Å². The van der Waals surface area contributed by atoms with Crippen molar-refractivity contribution < 1.29 is 9.53 Å². The van der Waals surface area contributed by atoms with Crippen LogP contribution in [0.4, 0.5) is 11.4 Å². The second kappa shape index (κ2) is 7.86. The number of ether oxygens (including phenoxy) is 1. The summed E-state index contributed by atoms with van der Waals surface area (Å²) in [6.07, 6.45) is -0.292. The zero-order chi connectivity index (χ0) is 21.3. The molecule has 1 N–H and O–H groups in total. The number of carbonyl (C=O) groups is 1. The second-order valence-corrected chi connectivity index (χ2v) is 8.57. The highest BCUT2D eigenvalue weighted by Gasteiger charge is 2.34. The molecule has 1 atom stereocenters. The highest BCUT2D eigenvalue weighted by molar-refractivity contribution is 6.12. The Bertz CT molecular complexity index is 1030. The van der Waals surface area contributed by atoms with Gasteiger partial charge in [-0.05, 0) is 59.9 Å². The Hall–Kier alpha value is -3.27. The van der Waals surface area contributed by atoms with E-state index < -0.39 is 0 Å². The molecule has 3 aromatic rings. The van der Waals surface area contributed by atoms with Crippen LogP contribution in [0, 0.1) is 0 Å². The first-order valence-corrected chi connectivity index (χ1v) is 10.4. The van der Waals surface area contributed by atoms with Gasteiger partial charge in [0.2, 0.25) is 0 Å². The van der Waals surface area contributed by atoms with Crippen molar-refractivity contribution in [1.29, 1.82) is 0 Å². The Morgan fingerprint density at radius 3 is 2.23 bits per heavy atom. The molecule has 0 saturated heterocycles. The van der Waals surface area contributed by atoms with Gasteiger partial charge < -0.3 is 10.1 Å². The number of fused-ring (bicyclic) bond motifs is 1. The van der Waals surface area contributed by atoms with Crippen molar-refractivity contribution in [3.8, 4) is 5.75 Å². The summed E-state index contributed by atoms with van der Waals surface area (Å²) in [5, 5.41) is 3.56. The smallest absolute Gasteiger partial charge is 0.262 e. The van der Waals surface area contributed by atoms with Gasteiger partial charge in [-0.3, -0.25) is 9.69 Å². The van der Waals surface area contributed by atoms with E-state index in [2.05, 4.69) is 50.4 Å². The van der Waals surface area contributed by atoms with E-state index in [0.29, 0.717) is 12.2 Å². The van der Waals surface area contributed by atoms with Crippen molar-refractivity contribution in [2.24, 2.45) is 0 Å². The van der Waals surface area contributed by atoms with Crippen molar-refractivity contribution in [1.82, 2.24) is 0 Å². The molecule has 0 radical (unpaired) electrons. The third-order valence-corrected chi connectivity index (χ3v) is 5.45. The number of hydrogen-bond acceptors (Lipinski definition) is 3. The Morgan fingerprint density at radius 2 is 1.60 bits per heavy atom. The molecule has 0 spiro atoms. The van der Waals surface area contributed by atoms with Crippen LogP contribution >= 0.6 is 0 Å². The Morgan fingerprint density at radius 1 is 0.933 bits per heavy atom. The molecule has 0 aliphatic carbocycles. The lowest BCUT2D eigenvalue weighted by molar-refractivity contribution is 0.0975. The van der Waals surface area contributed by atoms with Crippen molar-refractivity contribution in [2.75, 3.05) is 16.8 Å². The van der Waals surface area contributed by atoms with Crippen LogP contribution in [0.15, 0.2) is 72.8 Å². The average Bonchev–Trinajstić information content (AvgIpc) is 2.74. The molecule has 1 unspecified atom stereocenters. The van der Waals surface area contributed by atoms with E-state index in [9.17, 15) is 4.79 Å². The van der Waals surface area contributed by atoms with Gasteiger partial charge in [-0.15, -0.1) is 0 Å². The number of benzene rings is 3. The fourth-order valence-electron chi connectivity index (χ4n) is 3.79. The van der Waals surface area contributed by atoms with Gasteiger partial charge >= 0.3 is 0 Å². The summed E-state index contributed by atoms with van der Waals surface area (Å²) in [5.74, 6) is 0.781. The van der Waals surface area contributed by atoms with Gasteiger partial charge in [0.15, 0.2) is 0 Å². The predicted molar refractivity (Wildman–Crippen MR) is 122 cm³/mol. The standard InChI is InChI=1S/C26H28N2O2/c1-5-30-21-16-14-20(15-17-21)28-24(18-10-12-19(13-11-18)26(2,3)4)27-23-9-7-6-8-22(23)25(28)29/h6-17,24,27H,5H2,1-4H3. The molecule has 0 bridgehead atoms. The highest BCUT2D eigenvalue weighted by atomic mass is 16.5. The van der Waals surface area contributed by atoms with Gasteiger partial charge in [0.1, 0.15) is 11.9 Å². The Kier molecular flexibility index (Phi) is 5.25. The largest absolute Gasteiger partial charge is 0.494 e. The molecule has 0 saturated carbocycles. The highest BCUT2D eigenvalue weighted by Crippen LogP contribution is 2.37. The quantitative estimate of drug-likeness (QED) is 0.571. The second-order valence-electron chi connectivity index (χ2n) is 8.57. The Labute approximate surface area is 178 Å². The van der Waals surface area contributed by atoms with E-state index in [1.807, 2.05) is 60.4 Å². The summed E-state index contributed by atoms with van der Waals surface area (Å²) >= 11 is 0. The lowest BCUT2D eigenvalue weighted by Gasteiger charge is -2.38. The first kappa shape index (κ1) is 20.0. The Balaban J connectivity index is 1.76. The topological polar surface area (TPSA) is 41.6 Å². The van der Waals surface area contributed by atoms with Crippen molar-refractivity contribution in [2.45, 2.75) is 39.3 Å². The number of amides is 1. The summed E-state index contributed by atoms with van der Waals surface area (Å²) < 4.78 is 5.57. The molecule has 154 valence electrons. The minimum absolute atomic E-state index is 0.0154. The number of hydrogen-bond donors (Lipinski definition) is 1. The number of rotatable bonds is 4. The lowest BCUT2D eigenvalue weighted by Crippen LogP contribution is -2.43. The maximum absolute atomic E-state index is 13.5. The zero-order valence-corrected chi connectivity index (χ0v) is 18.0. The first-order chi connectivity index (χ1) is 14.4. The number of nitrogens with zero attached hydrogens (tertiary/aromatic N) is 1. The van der Waals surface area contributed by atoms with Crippen molar-refractivity contribution in [3.63, 3.8) is 0 Å². The fourth-order valence-corrected chi connectivity index (χ4v) is 3.79. The molecule has 1 heterocycles. The van der Waals surface area contributed by atoms with E-state index in [1.54, 1.807) is 0 Å². The van der Waals surface area contributed by atoms with Crippen LogP contribution in [0.25, 0.3) is 0 Å². The molecular weight excluding hydrogens is 372 g/mol. The van der Waals surface area contributed by atoms with Crippen LogP contribution in [0.1, 0.15) is 55.3 Å². The van der Waals surface area contributed by atoms with Gasteiger partial charge in [-0.1, -0.05) is 57.2 Å². The molecule has 1 aliphatic rings.